The Morgan fingerprint density at radius 3 is 2.56 bits per heavy atom. The van der Waals surface area contributed by atoms with Crippen LogP contribution in [-0.4, -0.2) is 33.5 Å². The van der Waals surface area contributed by atoms with Gasteiger partial charge in [-0.15, -0.1) is 0 Å². The average molecular weight is 265 g/mol. The summed E-state index contributed by atoms with van der Waals surface area (Å²) in [5.74, 6) is 0.574. The van der Waals surface area contributed by atoms with Crippen LogP contribution < -0.4 is 4.74 Å². The highest BCUT2D eigenvalue weighted by Gasteiger charge is 2.01. The van der Waals surface area contributed by atoms with Gasteiger partial charge in [0.1, 0.15) is 12.4 Å². The van der Waals surface area contributed by atoms with Gasteiger partial charge in [0.2, 0.25) is 0 Å². The lowest BCUT2D eigenvalue weighted by atomic mass is 10.3. The summed E-state index contributed by atoms with van der Waals surface area (Å²) in [5, 5.41) is 1.14. The summed E-state index contributed by atoms with van der Waals surface area (Å²) in [5.41, 5.74) is 0. The molecule has 0 unspecified atom stereocenters. The molecule has 16 heavy (non-hydrogen) atoms. The van der Waals surface area contributed by atoms with Crippen molar-refractivity contribution < 1.29 is 14.2 Å². The maximum absolute atomic E-state index is 5.91. The molecule has 0 N–H and O–H groups in total. The number of hydrogen-bond donors (Lipinski definition) is 0. The van der Waals surface area contributed by atoms with Crippen LogP contribution in [0.1, 0.15) is 0 Å². The molecule has 0 aliphatic rings. The van der Waals surface area contributed by atoms with E-state index in [0.717, 1.165) is 0 Å². The highest BCUT2D eigenvalue weighted by Crippen LogP contribution is 2.27. The van der Waals surface area contributed by atoms with Crippen molar-refractivity contribution in [2.45, 2.75) is 0 Å². The van der Waals surface area contributed by atoms with E-state index in [1.54, 1.807) is 25.3 Å². The van der Waals surface area contributed by atoms with Crippen LogP contribution >= 0.6 is 23.2 Å². The van der Waals surface area contributed by atoms with E-state index in [2.05, 4.69) is 0 Å². The summed E-state index contributed by atoms with van der Waals surface area (Å²) in [6.07, 6.45) is 0. The molecular formula is C11H14Cl2O3. The predicted molar refractivity (Wildman–Crippen MR) is 64.7 cm³/mol. The van der Waals surface area contributed by atoms with Gasteiger partial charge < -0.3 is 14.2 Å². The molecule has 1 rings (SSSR count). The van der Waals surface area contributed by atoms with Gasteiger partial charge in [-0.05, 0) is 12.1 Å². The Bertz CT molecular complexity index is 318. The molecule has 0 spiro atoms. The lowest BCUT2D eigenvalue weighted by Gasteiger charge is -2.08. The Morgan fingerprint density at radius 1 is 1.06 bits per heavy atom. The zero-order chi connectivity index (χ0) is 11.8. The molecule has 0 fully saturated rings. The monoisotopic (exact) mass is 264 g/mol. The molecular weight excluding hydrogens is 251 g/mol. The number of benzene rings is 1. The summed E-state index contributed by atoms with van der Waals surface area (Å²) in [4.78, 5) is 0. The van der Waals surface area contributed by atoms with Crippen LogP contribution in [0.5, 0.6) is 5.75 Å². The zero-order valence-corrected chi connectivity index (χ0v) is 10.6. The van der Waals surface area contributed by atoms with Gasteiger partial charge in [0.25, 0.3) is 0 Å². The van der Waals surface area contributed by atoms with Crippen molar-refractivity contribution in [1.82, 2.24) is 0 Å². The van der Waals surface area contributed by atoms with Crippen LogP contribution in [0.2, 0.25) is 10.0 Å². The second-order valence-electron chi connectivity index (χ2n) is 3.03. The maximum atomic E-state index is 5.91. The molecule has 0 saturated carbocycles. The highest BCUT2D eigenvalue weighted by atomic mass is 35.5. The third-order valence-electron chi connectivity index (χ3n) is 1.81. The molecule has 0 heterocycles. The van der Waals surface area contributed by atoms with E-state index in [9.17, 15) is 0 Å². The summed E-state index contributed by atoms with van der Waals surface area (Å²) < 4.78 is 15.5. The third kappa shape index (κ3) is 5.03. The van der Waals surface area contributed by atoms with E-state index in [0.29, 0.717) is 42.2 Å². The van der Waals surface area contributed by atoms with Gasteiger partial charge >= 0.3 is 0 Å². The van der Waals surface area contributed by atoms with E-state index < -0.39 is 0 Å². The van der Waals surface area contributed by atoms with E-state index in [4.69, 9.17) is 37.4 Å². The smallest absolute Gasteiger partial charge is 0.139 e. The van der Waals surface area contributed by atoms with Gasteiger partial charge in [-0.25, -0.2) is 0 Å². The molecule has 3 nitrogen and oxygen atoms in total. The Kier molecular flexibility index (Phi) is 6.57. The SMILES string of the molecule is COCCOCCOc1cc(Cl)ccc1Cl. The van der Waals surface area contributed by atoms with Gasteiger partial charge in [-0.3, -0.25) is 0 Å². The number of ether oxygens (including phenoxy) is 3. The molecule has 0 aliphatic heterocycles. The second kappa shape index (κ2) is 7.74. The Morgan fingerprint density at radius 2 is 1.81 bits per heavy atom. The molecule has 5 heteroatoms. The highest BCUT2D eigenvalue weighted by molar-refractivity contribution is 6.34. The molecule has 0 saturated heterocycles. The molecule has 0 aliphatic carbocycles. The first-order chi connectivity index (χ1) is 7.74. The first-order valence-corrected chi connectivity index (χ1v) is 5.64. The molecule has 90 valence electrons. The van der Waals surface area contributed by atoms with Crippen molar-refractivity contribution in [3.8, 4) is 5.75 Å². The van der Waals surface area contributed by atoms with Crippen LogP contribution in [0.15, 0.2) is 18.2 Å². The topological polar surface area (TPSA) is 27.7 Å². The first kappa shape index (κ1) is 13.6. The van der Waals surface area contributed by atoms with Crippen LogP contribution in [0.3, 0.4) is 0 Å². The van der Waals surface area contributed by atoms with E-state index >= 15 is 0 Å². The van der Waals surface area contributed by atoms with Crippen molar-refractivity contribution in [1.29, 1.82) is 0 Å². The quantitative estimate of drug-likeness (QED) is 0.709. The molecule has 1 aromatic rings. The van der Waals surface area contributed by atoms with Crippen LogP contribution in [0.25, 0.3) is 0 Å². The molecule has 0 atom stereocenters. The summed E-state index contributed by atoms with van der Waals surface area (Å²) >= 11 is 11.7. The molecule has 0 aromatic heterocycles. The van der Waals surface area contributed by atoms with Gasteiger partial charge in [-0.1, -0.05) is 23.2 Å². The van der Waals surface area contributed by atoms with Crippen molar-refractivity contribution >= 4 is 23.2 Å². The van der Waals surface area contributed by atoms with E-state index in [1.807, 2.05) is 0 Å². The van der Waals surface area contributed by atoms with Gasteiger partial charge in [0.05, 0.1) is 24.8 Å². The number of halogens is 2. The van der Waals surface area contributed by atoms with Crippen molar-refractivity contribution in [2.24, 2.45) is 0 Å². The minimum atomic E-state index is 0.434. The fourth-order valence-corrected chi connectivity index (χ4v) is 1.38. The number of hydrogen-bond acceptors (Lipinski definition) is 3. The molecule has 1 aromatic carbocycles. The lowest BCUT2D eigenvalue weighted by Crippen LogP contribution is -2.10. The number of methoxy groups -OCH3 is 1. The first-order valence-electron chi connectivity index (χ1n) is 4.88. The Balaban J connectivity index is 2.23. The van der Waals surface area contributed by atoms with Crippen LogP contribution in [0, 0.1) is 0 Å². The fraction of sp³-hybridized carbons (Fsp3) is 0.455. The number of rotatable bonds is 7. The molecule has 0 amide bonds. The molecule has 0 radical (unpaired) electrons. The van der Waals surface area contributed by atoms with Gasteiger partial charge in [0, 0.05) is 18.2 Å². The van der Waals surface area contributed by atoms with E-state index in [-0.39, 0.29) is 0 Å². The summed E-state index contributed by atoms with van der Waals surface area (Å²) in [6.45, 7) is 2.07. The Hall–Kier alpha value is -0.480. The predicted octanol–water partition coefficient (Wildman–Crippen LogP) is 3.04. The standard InChI is InChI=1S/C11H14Cl2O3/c1-14-4-5-15-6-7-16-11-8-9(12)2-3-10(11)13/h2-3,8H,4-7H2,1H3. The van der Waals surface area contributed by atoms with Gasteiger partial charge in [-0.2, -0.15) is 0 Å². The average Bonchev–Trinajstić information content (AvgIpc) is 2.28. The minimum absolute atomic E-state index is 0.434. The normalized spacial score (nSPS) is 10.4. The van der Waals surface area contributed by atoms with Crippen molar-refractivity contribution in [3.05, 3.63) is 28.2 Å². The molecule has 0 bridgehead atoms. The minimum Gasteiger partial charge on any atom is -0.490 e. The second-order valence-corrected chi connectivity index (χ2v) is 3.87. The Labute approximate surface area is 105 Å². The van der Waals surface area contributed by atoms with Crippen molar-refractivity contribution in [2.75, 3.05) is 33.5 Å². The summed E-state index contributed by atoms with van der Waals surface area (Å²) in [6, 6.07) is 5.09. The zero-order valence-electron chi connectivity index (χ0n) is 9.04. The van der Waals surface area contributed by atoms with E-state index in [1.165, 1.54) is 0 Å². The lowest BCUT2D eigenvalue weighted by molar-refractivity contribution is 0.0544. The van der Waals surface area contributed by atoms with Crippen molar-refractivity contribution in [3.63, 3.8) is 0 Å². The van der Waals surface area contributed by atoms with Crippen LogP contribution in [-0.2, 0) is 9.47 Å². The van der Waals surface area contributed by atoms with Crippen LogP contribution in [0.4, 0.5) is 0 Å². The third-order valence-corrected chi connectivity index (χ3v) is 2.36. The van der Waals surface area contributed by atoms with Gasteiger partial charge in [0.15, 0.2) is 0 Å². The summed E-state index contributed by atoms with van der Waals surface area (Å²) in [7, 11) is 1.63. The fourth-order valence-electron chi connectivity index (χ4n) is 1.04. The maximum Gasteiger partial charge on any atom is 0.139 e. The largest absolute Gasteiger partial charge is 0.490 e.